The second kappa shape index (κ2) is 7.77. The van der Waals surface area contributed by atoms with Crippen molar-refractivity contribution in [3.8, 4) is 0 Å². The molecule has 0 amide bonds. The van der Waals surface area contributed by atoms with Gasteiger partial charge in [0.25, 0.3) is 0 Å². The Labute approximate surface area is 148 Å². The van der Waals surface area contributed by atoms with Gasteiger partial charge in [0.1, 0.15) is 5.82 Å². The molecule has 0 heterocycles. The van der Waals surface area contributed by atoms with Crippen molar-refractivity contribution in [3.63, 3.8) is 0 Å². The van der Waals surface area contributed by atoms with Gasteiger partial charge in [-0.1, -0.05) is 42.3 Å². The molecule has 2 rings (SSSR count). The normalized spacial score (nSPS) is 12.4. The van der Waals surface area contributed by atoms with Crippen LogP contribution in [0.15, 0.2) is 36.4 Å². The molecule has 1 unspecified atom stereocenters. The predicted molar refractivity (Wildman–Crippen MR) is 95.7 cm³/mol. The summed E-state index contributed by atoms with van der Waals surface area (Å²) in [7, 11) is 0. The molecule has 5 heteroatoms. The fourth-order valence-corrected chi connectivity index (χ4v) is 2.98. The van der Waals surface area contributed by atoms with Crippen molar-refractivity contribution in [2.75, 3.05) is 6.54 Å². The number of likely N-dealkylation sites (N-methyl/N-ethyl adjacent to an activating group) is 1. The van der Waals surface area contributed by atoms with Crippen molar-refractivity contribution in [1.29, 1.82) is 0 Å². The lowest BCUT2D eigenvalue weighted by atomic mass is 9.98. The van der Waals surface area contributed by atoms with E-state index in [4.69, 9.17) is 23.2 Å². The molecule has 0 aliphatic heterocycles. The standard InChI is InChI=1S/C16H15Cl2FIN/c1-2-21-16(10-6-7-15(20)13(18)8-10)9-11-12(17)4-3-5-14(11)19/h3-8,16,21H,2,9H2,1H3. The van der Waals surface area contributed by atoms with Crippen molar-refractivity contribution in [3.05, 3.63) is 67.0 Å². The third-order valence-electron chi connectivity index (χ3n) is 3.27. The van der Waals surface area contributed by atoms with Gasteiger partial charge in [0, 0.05) is 20.2 Å². The summed E-state index contributed by atoms with van der Waals surface area (Å²) in [5, 5.41) is 4.52. The first kappa shape index (κ1) is 17.0. The van der Waals surface area contributed by atoms with Crippen LogP contribution in [0.1, 0.15) is 24.1 Å². The first-order chi connectivity index (χ1) is 10.0. The SMILES string of the molecule is CCNC(Cc1c(F)cccc1Cl)c1ccc(I)c(Cl)c1. The molecule has 0 aliphatic rings. The lowest BCUT2D eigenvalue weighted by Gasteiger charge is -2.20. The first-order valence-corrected chi connectivity index (χ1v) is 8.47. The Hall–Kier alpha value is -0.360. The van der Waals surface area contributed by atoms with Gasteiger partial charge in [0.05, 0.1) is 5.02 Å². The first-order valence-electron chi connectivity index (χ1n) is 6.64. The number of halogens is 4. The molecule has 0 saturated carbocycles. The molecule has 2 aromatic rings. The highest BCUT2D eigenvalue weighted by atomic mass is 127. The number of rotatable bonds is 5. The van der Waals surface area contributed by atoms with Gasteiger partial charge in [0.2, 0.25) is 0 Å². The van der Waals surface area contributed by atoms with Crippen LogP contribution in [0.4, 0.5) is 4.39 Å². The summed E-state index contributed by atoms with van der Waals surface area (Å²) in [4.78, 5) is 0. The quantitative estimate of drug-likeness (QED) is 0.597. The molecule has 112 valence electrons. The maximum atomic E-state index is 14.0. The van der Waals surface area contributed by atoms with Crippen LogP contribution in [0.2, 0.25) is 10.0 Å². The molecule has 1 N–H and O–H groups in total. The molecule has 0 aliphatic carbocycles. The van der Waals surface area contributed by atoms with Gasteiger partial charge in [-0.3, -0.25) is 0 Å². The lowest BCUT2D eigenvalue weighted by molar-refractivity contribution is 0.528. The summed E-state index contributed by atoms with van der Waals surface area (Å²) in [5.41, 5.74) is 1.56. The van der Waals surface area contributed by atoms with E-state index in [0.29, 0.717) is 22.0 Å². The topological polar surface area (TPSA) is 12.0 Å². The summed E-state index contributed by atoms with van der Waals surface area (Å²) in [5.74, 6) is -0.276. The van der Waals surface area contributed by atoms with Crippen LogP contribution in [-0.2, 0) is 6.42 Å². The van der Waals surface area contributed by atoms with Crippen LogP contribution < -0.4 is 5.32 Å². The molecular weight excluding hydrogens is 423 g/mol. The second-order valence-corrected chi connectivity index (χ2v) is 6.66. The second-order valence-electron chi connectivity index (χ2n) is 4.69. The van der Waals surface area contributed by atoms with Crippen molar-refractivity contribution >= 4 is 45.8 Å². The van der Waals surface area contributed by atoms with E-state index in [1.807, 2.05) is 25.1 Å². The zero-order valence-electron chi connectivity index (χ0n) is 11.5. The van der Waals surface area contributed by atoms with E-state index in [1.54, 1.807) is 12.1 Å². The van der Waals surface area contributed by atoms with E-state index in [-0.39, 0.29) is 11.9 Å². The zero-order valence-corrected chi connectivity index (χ0v) is 15.1. The minimum Gasteiger partial charge on any atom is -0.310 e. The highest BCUT2D eigenvalue weighted by Crippen LogP contribution is 2.28. The Kier molecular flexibility index (Phi) is 6.29. The Bertz CT molecular complexity index is 613. The number of nitrogens with one attached hydrogen (secondary N) is 1. The molecular formula is C16H15Cl2FIN. The summed E-state index contributed by atoms with van der Waals surface area (Å²) in [6.45, 7) is 2.80. The van der Waals surface area contributed by atoms with E-state index in [9.17, 15) is 4.39 Å². The fourth-order valence-electron chi connectivity index (χ4n) is 2.21. The van der Waals surface area contributed by atoms with Crippen LogP contribution in [0, 0.1) is 9.39 Å². The van der Waals surface area contributed by atoms with E-state index in [2.05, 4.69) is 27.9 Å². The molecule has 0 radical (unpaired) electrons. The average molecular weight is 438 g/mol. The maximum absolute atomic E-state index is 14.0. The molecule has 21 heavy (non-hydrogen) atoms. The number of benzene rings is 2. The van der Waals surface area contributed by atoms with Gasteiger partial charge in [-0.2, -0.15) is 0 Å². The van der Waals surface area contributed by atoms with Crippen molar-refractivity contribution < 1.29 is 4.39 Å². The molecule has 0 aromatic heterocycles. The third kappa shape index (κ3) is 4.31. The summed E-state index contributed by atoms with van der Waals surface area (Å²) in [6, 6.07) is 10.6. The fraction of sp³-hybridized carbons (Fsp3) is 0.250. The van der Waals surface area contributed by atoms with Crippen molar-refractivity contribution in [2.24, 2.45) is 0 Å². The summed E-state index contributed by atoms with van der Waals surface area (Å²) in [6.07, 6.45) is 0.482. The summed E-state index contributed by atoms with van der Waals surface area (Å²) < 4.78 is 15.0. The molecule has 0 spiro atoms. The molecule has 0 bridgehead atoms. The Morgan fingerprint density at radius 2 is 1.95 bits per heavy atom. The lowest BCUT2D eigenvalue weighted by Crippen LogP contribution is -2.23. The zero-order chi connectivity index (χ0) is 15.4. The van der Waals surface area contributed by atoms with E-state index >= 15 is 0 Å². The highest BCUT2D eigenvalue weighted by molar-refractivity contribution is 14.1. The van der Waals surface area contributed by atoms with Crippen LogP contribution in [0.25, 0.3) is 0 Å². The van der Waals surface area contributed by atoms with Crippen LogP contribution in [0.5, 0.6) is 0 Å². The Morgan fingerprint density at radius 3 is 2.57 bits per heavy atom. The highest BCUT2D eigenvalue weighted by Gasteiger charge is 2.16. The van der Waals surface area contributed by atoms with Crippen LogP contribution in [0.3, 0.4) is 0 Å². The minimum absolute atomic E-state index is 0.0288. The van der Waals surface area contributed by atoms with Gasteiger partial charge >= 0.3 is 0 Å². The Morgan fingerprint density at radius 1 is 1.19 bits per heavy atom. The monoisotopic (exact) mass is 437 g/mol. The molecule has 0 saturated heterocycles. The van der Waals surface area contributed by atoms with Crippen molar-refractivity contribution in [2.45, 2.75) is 19.4 Å². The molecule has 1 nitrogen and oxygen atoms in total. The molecule has 2 aromatic carbocycles. The van der Waals surface area contributed by atoms with Crippen LogP contribution >= 0.6 is 45.8 Å². The smallest absolute Gasteiger partial charge is 0.127 e. The predicted octanol–water partition coefficient (Wildman–Crippen LogP) is 5.63. The van der Waals surface area contributed by atoms with Gasteiger partial charge in [-0.15, -0.1) is 0 Å². The number of hydrogen-bond acceptors (Lipinski definition) is 1. The maximum Gasteiger partial charge on any atom is 0.127 e. The third-order valence-corrected chi connectivity index (χ3v) is 5.19. The largest absolute Gasteiger partial charge is 0.310 e. The van der Waals surface area contributed by atoms with Gasteiger partial charge in [0.15, 0.2) is 0 Å². The number of hydrogen-bond donors (Lipinski definition) is 1. The minimum atomic E-state index is -0.276. The van der Waals surface area contributed by atoms with Crippen molar-refractivity contribution in [1.82, 2.24) is 5.32 Å². The van der Waals surface area contributed by atoms with Gasteiger partial charge in [-0.05, 0) is 65.4 Å². The summed E-state index contributed by atoms with van der Waals surface area (Å²) >= 11 is 14.5. The van der Waals surface area contributed by atoms with E-state index < -0.39 is 0 Å². The average Bonchev–Trinajstić information content (AvgIpc) is 2.45. The Balaban J connectivity index is 2.33. The molecule has 0 fully saturated rings. The van der Waals surface area contributed by atoms with Gasteiger partial charge in [-0.25, -0.2) is 4.39 Å². The van der Waals surface area contributed by atoms with E-state index in [1.165, 1.54) is 6.07 Å². The van der Waals surface area contributed by atoms with Gasteiger partial charge < -0.3 is 5.32 Å². The van der Waals surface area contributed by atoms with Crippen LogP contribution in [-0.4, -0.2) is 6.54 Å². The van der Waals surface area contributed by atoms with E-state index in [0.717, 1.165) is 15.7 Å². The molecule has 1 atom stereocenters.